The van der Waals surface area contributed by atoms with E-state index in [1.165, 1.54) is 0 Å². The summed E-state index contributed by atoms with van der Waals surface area (Å²) in [5.74, 6) is -1.91. The van der Waals surface area contributed by atoms with E-state index in [9.17, 15) is 19.5 Å². The van der Waals surface area contributed by atoms with Crippen LogP contribution in [0, 0.1) is 0 Å². The quantitative estimate of drug-likeness (QED) is 0.175. The summed E-state index contributed by atoms with van der Waals surface area (Å²) in [5.41, 5.74) is 3.87. The summed E-state index contributed by atoms with van der Waals surface area (Å²) < 4.78 is 17.5. The molecule has 0 bridgehead atoms. The van der Waals surface area contributed by atoms with E-state index in [0.29, 0.717) is 28.7 Å². The maximum atomic E-state index is 12.7. The molecule has 0 aromatic heterocycles. The summed E-state index contributed by atoms with van der Waals surface area (Å²) >= 11 is 0. The van der Waals surface area contributed by atoms with Crippen molar-refractivity contribution in [3.8, 4) is 0 Å². The molecule has 0 aliphatic heterocycles. The largest absolute Gasteiger partial charge is 0.481 e. The zero-order chi connectivity index (χ0) is 30.8. The highest BCUT2D eigenvalue weighted by molar-refractivity contribution is 5.89. The predicted octanol–water partition coefficient (Wildman–Crippen LogP) is 7.17. The number of hydrogen-bond acceptors (Lipinski definition) is 6. The minimum absolute atomic E-state index is 0.0238. The lowest BCUT2D eigenvalue weighted by Crippen LogP contribution is -2.34. The second-order valence-electron chi connectivity index (χ2n) is 10.5. The van der Waals surface area contributed by atoms with Crippen molar-refractivity contribution in [1.82, 2.24) is 0 Å². The number of esters is 2. The Balaban J connectivity index is 1.34. The normalized spacial score (nSPS) is 15.7. The molecule has 1 aliphatic rings. The highest BCUT2D eigenvalue weighted by atomic mass is 16.5. The summed E-state index contributed by atoms with van der Waals surface area (Å²) in [6.07, 6.45) is 5.81. The lowest BCUT2D eigenvalue weighted by molar-refractivity contribution is -0.143. The number of carbonyl (C=O) groups is 3. The van der Waals surface area contributed by atoms with Crippen molar-refractivity contribution in [2.75, 3.05) is 0 Å². The van der Waals surface area contributed by atoms with Gasteiger partial charge in [-0.15, -0.1) is 0 Å². The number of aliphatic carboxylic acids is 1. The minimum Gasteiger partial charge on any atom is -0.481 e. The first-order valence-electron chi connectivity index (χ1n) is 14.3. The minimum atomic E-state index is -1.05. The van der Waals surface area contributed by atoms with Gasteiger partial charge in [-0.1, -0.05) is 97.1 Å². The first-order chi connectivity index (χ1) is 21.4. The zero-order valence-corrected chi connectivity index (χ0v) is 24.1. The summed E-state index contributed by atoms with van der Waals surface area (Å²) in [7, 11) is 0. The highest BCUT2D eigenvalue weighted by Gasteiger charge is 2.34. The standard InChI is InChI=1S/C37H32O7/c38-34(39)23-37(20-10-17-31(22-37)28-11-4-1-5-12-28)44-24-27-18-19-32(25-42-35(40)29-13-6-2-7-14-29)33(21-27)26-43-36(41)30-15-8-3-9-16-30/h1-21H,22-26H2,(H,38,39). The Kier molecular flexibility index (Phi) is 9.79. The average molecular weight is 589 g/mol. The molecule has 1 aliphatic carbocycles. The van der Waals surface area contributed by atoms with Crippen LogP contribution in [-0.4, -0.2) is 28.6 Å². The zero-order valence-electron chi connectivity index (χ0n) is 24.1. The van der Waals surface area contributed by atoms with Gasteiger partial charge in [0.1, 0.15) is 18.8 Å². The third-order valence-electron chi connectivity index (χ3n) is 7.32. The molecule has 4 aromatic carbocycles. The molecular weight excluding hydrogens is 556 g/mol. The number of benzene rings is 4. The van der Waals surface area contributed by atoms with Gasteiger partial charge in [-0.2, -0.15) is 0 Å². The van der Waals surface area contributed by atoms with E-state index in [1.54, 1.807) is 60.7 Å². The van der Waals surface area contributed by atoms with Gasteiger partial charge in [0.25, 0.3) is 0 Å². The highest BCUT2D eigenvalue weighted by Crippen LogP contribution is 2.36. The van der Waals surface area contributed by atoms with Crippen LogP contribution in [0.3, 0.4) is 0 Å². The molecule has 7 heteroatoms. The van der Waals surface area contributed by atoms with Gasteiger partial charge >= 0.3 is 17.9 Å². The number of carbonyl (C=O) groups excluding carboxylic acids is 2. The topological polar surface area (TPSA) is 99.1 Å². The Bertz CT molecular complexity index is 1660. The van der Waals surface area contributed by atoms with E-state index in [1.807, 2.05) is 66.7 Å². The van der Waals surface area contributed by atoms with Crippen molar-refractivity contribution in [3.63, 3.8) is 0 Å². The molecular formula is C37H32O7. The Morgan fingerprint density at radius 1 is 0.682 bits per heavy atom. The van der Waals surface area contributed by atoms with E-state index in [2.05, 4.69) is 0 Å². The van der Waals surface area contributed by atoms with E-state index in [4.69, 9.17) is 14.2 Å². The van der Waals surface area contributed by atoms with Crippen molar-refractivity contribution in [3.05, 3.63) is 161 Å². The fraction of sp³-hybridized carbons (Fsp3) is 0.162. The number of carboxylic acids is 1. The monoisotopic (exact) mass is 588 g/mol. The summed E-state index contributed by atoms with van der Waals surface area (Å²) in [6.45, 7) is 0.0360. The molecule has 4 aromatic rings. The van der Waals surface area contributed by atoms with E-state index >= 15 is 0 Å². The SMILES string of the molecule is O=C(O)CC1(OCc2ccc(COC(=O)c3ccccc3)c(COC(=O)c3ccccc3)c2)C=CC=C(c2ccccc2)C1. The van der Waals surface area contributed by atoms with Gasteiger partial charge in [-0.25, -0.2) is 9.59 Å². The number of hydrogen-bond donors (Lipinski definition) is 1. The molecule has 44 heavy (non-hydrogen) atoms. The third kappa shape index (κ3) is 7.96. The Morgan fingerprint density at radius 3 is 1.84 bits per heavy atom. The lowest BCUT2D eigenvalue weighted by Gasteiger charge is -2.33. The van der Waals surface area contributed by atoms with Gasteiger partial charge in [-0.05, 0) is 58.2 Å². The second kappa shape index (κ2) is 14.3. The predicted molar refractivity (Wildman–Crippen MR) is 166 cm³/mol. The molecule has 0 fully saturated rings. The van der Waals surface area contributed by atoms with Crippen LogP contribution in [0.1, 0.15) is 55.8 Å². The number of carboxylic acid groups (broad SMARTS) is 1. The first-order valence-corrected chi connectivity index (χ1v) is 14.3. The van der Waals surface area contributed by atoms with Crippen molar-refractivity contribution in [2.45, 2.75) is 38.3 Å². The van der Waals surface area contributed by atoms with E-state index in [-0.39, 0.29) is 26.2 Å². The number of ether oxygens (including phenoxy) is 3. The van der Waals surface area contributed by atoms with Crippen molar-refractivity contribution in [2.24, 2.45) is 0 Å². The Hall–Kier alpha value is -5.27. The summed E-state index contributed by atoms with van der Waals surface area (Å²) in [5, 5.41) is 9.74. The maximum absolute atomic E-state index is 12.7. The molecule has 5 rings (SSSR count). The smallest absolute Gasteiger partial charge is 0.338 e. The van der Waals surface area contributed by atoms with Gasteiger partial charge in [0.15, 0.2) is 0 Å². The van der Waals surface area contributed by atoms with Crippen LogP contribution in [0.15, 0.2) is 127 Å². The fourth-order valence-corrected chi connectivity index (χ4v) is 5.03. The van der Waals surface area contributed by atoms with Gasteiger partial charge < -0.3 is 19.3 Å². The van der Waals surface area contributed by atoms with Crippen LogP contribution in [-0.2, 0) is 38.8 Å². The molecule has 1 unspecified atom stereocenters. The molecule has 0 heterocycles. The van der Waals surface area contributed by atoms with Crippen LogP contribution in [0.4, 0.5) is 0 Å². The number of rotatable bonds is 12. The lowest BCUT2D eigenvalue weighted by atomic mass is 9.84. The first kappa shape index (κ1) is 30.2. The molecule has 0 spiro atoms. The molecule has 1 N–H and O–H groups in total. The van der Waals surface area contributed by atoms with Crippen LogP contribution < -0.4 is 0 Å². The van der Waals surface area contributed by atoms with Gasteiger partial charge in [0.2, 0.25) is 0 Å². The molecule has 0 radical (unpaired) electrons. The average Bonchev–Trinajstić information content (AvgIpc) is 3.06. The Morgan fingerprint density at radius 2 is 1.25 bits per heavy atom. The molecule has 0 saturated heterocycles. The summed E-state index contributed by atoms with van der Waals surface area (Å²) in [4.78, 5) is 37.2. The molecule has 7 nitrogen and oxygen atoms in total. The molecule has 0 amide bonds. The maximum Gasteiger partial charge on any atom is 0.338 e. The second-order valence-corrected chi connectivity index (χ2v) is 10.5. The van der Waals surface area contributed by atoms with Crippen LogP contribution in [0.2, 0.25) is 0 Å². The van der Waals surface area contributed by atoms with Gasteiger partial charge in [0.05, 0.1) is 24.2 Å². The Labute approximate surface area is 256 Å². The molecule has 0 saturated carbocycles. The van der Waals surface area contributed by atoms with Gasteiger partial charge in [-0.3, -0.25) is 4.79 Å². The summed E-state index contributed by atoms with van der Waals surface area (Å²) in [6, 6.07) is 32.6. The number of allylic oxidation sites excluding steroid dienone is 2. The third-order valence-corrected chi connectivity index (χ3v) is 7.32. The van der Waals surface area contributed by atoms with Crippen molar-refractivity contribution < 1.29 is 33.7 Å². The van der Waals surface area contributed by atoms with Crippen LogP contribution >= 0.6 is 0 Å². The van der Waals surface area contributed by atoms with E-state index < -0.39 is 23.5 Å². The van der Waals surface area contributed by atoms with Crippen LogP contribution in [0.25, 0.3) is 5.57 Å². The molecule has 222 valence electrons. The molecule has 1 atom stereocenters. The van der Waals surface area contributed by atoms with Gasteiger partial charge in [0, 0.05) is 6.42 Å². The van der Waals surface area contributed by atoms with Crippen molar-refractivity contribution >= 4 is 23.5 Å². The van der Waals surface area contributed by atoms with Crippen LogP contribution in [0.5, 0.6) is 0 Å². The van der Waals surface area contributed by atoms with E-state index in [0.717, 1.165) is 16.7 Å². The fourth-order valence-electron chi connectivity index (χ4n) is 5.03. The van der Waals surface area contributed by atoms with Crippen molar-refractivity contribution in [1.29, 1.82) is 0 Å².